The predicted molar refractivity (Wildman–Crippen MR) is 69.8 cm³/mol. The van der Waals surface area contributed by atoms with Gasteiger partial charge in [-0.3, -0.25) is 4.68 Å². The van der Waals surface area contributed by atoms with Crippen LogP contribution in [0.5, 0.6) is 0 Å². The van der Waals surface area contributed by atoms with Gasteiger partial charge in [0.2, 0.25) is 0 Å². The van der Waals surface area contributed by atoms with Crippen LogP contribution in [0.2, 0.25) is 0 Å². The van der Waals surface area contributed by atoms with E-state index in [2.05, 4.69) is 31.2 Å². The van der Waals surface area contributed by atoms with Gasteiger partial charge in [0.25, 0.3) is 0 Å². The number of aliphatic hydroxyl groups is 1. The minimum absolute atomic E-state index is 0.278. The molecular weight excluding hydrogens is 214 g/mol. The highest BCUT2D eigenvalue weighted by Crippen LogP contribution is 2.17. The summed E-state index contributed by atoms with van der Waals surface area (Å²) in [5, 5.41) is 16.7. The fourth-order valence-corrected chi connectivity index (χ4v) is 2.03. The van der Waals surface area contributed by atoms with Crippen molar-refractivity contribution in [3.63, 3.8) is 0 Å². The zero-order valence-electron chi connectivity index (χ0n) is 11.4. The highest BCUT2D eigenvalue weighted by molar-refractivity contribution is 5.19. The first-order valence-corrected chi connectivity index (χ1v) is 6.42. The van der Waals surface area contributed by atoms with Gasteiger partial charge in [-0.25, -0.2) is 0 Å². The van der Waals surface area contributed by atoms with Crippen LogP contribution in [0.1, 0.15) is 44.0 Å². The number of aryl methyl sites for hydroxylation is 1. The minimum atomic E-state index is 0.278. The summed E-state index contributed by atoms with van der Waals surface area (Å²) in [6.07, 6.45) is 3.91. The molecule has 0 aliphatic rings. The van der Waals surface area contributed by atoms with Gasteiger partial charge in [-0.1, -0.05) is 13.3 Å². The number of nitrogens with one attached hydrogen (secondary N) is 1. The summed E-state index contributed by atoms with van der Waals surface area (Å²) in [6.45, 7) is 7.65. The molecule has 0 saturated heterocycles. The lowest BCUT2D eigenvalue weighted by Gasteiger charge is -2.19. The molecule has 4 nitrogen and oxygen atoms in total. The molecule has 1 aromatic rings. The molecule has 2 atom stereocenters. The van der Waals surface area contributed by atoms with E-state index in [0.717, 1.165) is 19.4 Å². The lowest BCUT2D eigenvalue weighted by molar-refractivity contribution is 0.249. The summed E-state index contributed by atoms with van der Waals surface area (Å²) >= 11 is 0. The summed E-state index contributed by atoms with van der Waals surface area (Å²) in [5.74, 6) is 0.555. The molecular formula is C13H25N3O. The van der Waals surface area contributed by atoms with Gasteiger partial charge >= 0.3 is 0 Å². The average Bonchev–Trinajstić information content (AvgIpc) is 2.65. The SMILES string of the molecule is CCC(CCO)CNC(C)c1cnn(C)c1C. The van der Waals surface area contributed by atoms with Crippen molar-refractivity contribution >= 4 is 0 Å². The molecule has 0 aliphatic heterocycles. The quantitative estimate of drug-likeness (QED) is 0.762. The molecule has 1 aromatic heterocycles. The predicted octanol–water partition coefficient (Wildman–Crippen LogP) is 1.79. The van der Waals surface area contributed by atoms with Crippen LogP contribution in [0.4, 0.5) is 0 Å². The summed E-state index contributed by atoms with van der Waals surface area (Å²) in [5.41, 5.74) is 2.46. The third kappa shape index (κ3) is 3.82. The van der Waals surface area contributed by atoms with Crippen LogP contribution >= 0.6 is 0 Å². The second-order valence-electron chi connectivity index (χ2n) is 4.73. The van der Waals surface area contributed by atoms with E-state index in [0.29, 0.717) is 12.0 Å². The van der Waals surface area contributed by atoms with Crippen LogP contribution in [-0.2, 0) is 7.05 Å². The molecule has 0 spiro atoms. The first kappa shape index (κ1) is 14.2. The summed E-state index contributed by atoms with van der Waals surface area (Å²) in [4.78, 5) is 0. The molecule has 98 valence electrons. The van der Waals surface area contributed by atoms with Crippen molar-refractivity contribution < 1.29 is 5.11 Å². The Bertz CT molecular complexity index is 335. The van der Waals surface area contributed by atoms with E-state index >= 15 is 0 Å². The fraction of sp³-hybridized carbons (Fsp3) is 0.769. The van der Waals surface area contributed by atoms with Gasteiger partial charge in [-0.15, -0.1) is 0 Å². The lowest BCUT2D eigenvalue weighted by atomic mass is 10.0. The maximum Gasteiger partial charge on any atom is 0.0540 e. The van der Waals surface area contributed by atoms with Crippen LogP contribution in [0, 0.1) is 12.8 Å². The van der Waals surface area contributed by atoms with Gasteiger partial charge in [-0.2, -0.15) is 5.10 Å². The highest BCUT2D eigenvalue weighted by Gasteiger charge is 2.13. The average molecular weight is 239 g/mol. The van der Waals surface area contributed by atoms with Crippen LogP contribution < -0.4 is 5.32 Å². The Labute approximate surface area is 104 Å². The first-order chi connectivity index (χ1) is 8.10. The number of nitrogens with zero attached hydrogens (tertiary/aromatic N) is 2. The molecule has 17 heavy (non-hydrogen) atoms. The van der Waals surface area contributed by atoms with E-state index in [9.17, 15) is 0 Å². The van der Waals surface area contributed by atoms with Gasteiger partial charge in [0.1, 0.15) is 0 Å². The first-order valence-electron chi connectivity index (χ1n) is 6.42. The van der Waals surface area contributed by atoms with Crippen LogP contribution in [0.15, 0.2) is 6.20 Å². The smallest absolute Gasteiger partial charge is 0.0540 e. The molecule has 2 unspecified atom stereocenters. The largest absolute Gasteiger partial charge is 0.396 e. The lowest BCUT2D eigenvalue weighted by Crippen LogP contribution is -2.26. The van der Waals surface area contributed by atoms with E-state index in [1.807, 2.05) is 17.9 Å². The van der Waals surface area contributed by atoms with E-state index in [-0.39, 0.29) is 6.61 Å². The monoisotopic (exact) mass is 239 g/mol. The normalized spacial score (nSPS) is 14.9. The molecule has 0 fully saturated rings. The van der Waals surface area contributed by atoms with Gasteiger partial charge in [0.05, 0.1) is 6.20 Å². The summed E-state index contributed by atoms with van der Waals surface area (Å²) in [7, 11) is 1.96. The third-order valence-electron chi connectivity index (χ3n) is 3.57. The van der Waals surface area contributed by atoms with E-state index in [1.54, 1.807) is 0 Å². The molecule has 0 radical (unpaired) electrons. The Kier molecular flexibility index (Phi) is 5.65. The molecule has 0 bridgehead atoms. The van der Waals surface area contributed by atoms with Gasteiger partial charge in [-0.05, 0) is 32.7 Å². The van der Waals surface area contributed by atoms with Crippen LogP contribution in [0.3, 0.4) is 0 Å². The maximum absolute atomic E-state index is 8.96. The maximum atomic E-state index is 8.96. The molecule has 4 heteroatoms. The zero-order valence-corrected chi connectivity index (χ0v) is 11.4. The standard InChI is InChI=1S/C13H25N3O/c1-5-12(6-7-17)8-14-10(2)13-9-15-16(4)11(13)3/h9-10,12,14,17H,5-8H2,1-4H3. The summed E-state index contributed by atoms with van der Waals surface area (Å²) in [6, 6.07) is 0.316. The zero-order chi connectivity index (χ0) is 12.8. The molecule has 0 amide bonds. The number of aliphatic hydroxyl groups excluding tert-OH is 1. The molecule has 0 aromatic carbocycles. The number of hydrogen-bond donors (Lipinski definition) is 2. The van der Waals surface area contributed by atoms with Crippen molar-refractivity contribution in [1.29, 1.82) is 0 Å². The third-order valence-corrected chi connectivity index (χ3v) is 3.57. The molecule has 1 heterocycles. The van der Waals surface area contributed by atoms with Crippen molar-refractivity contribution in [2.24, 2.45) is 13.0 Å². The topological polar surface area (TPSA) is 50.1 Å². The van der Waals surface area contributed by atoms with Crippen molar-refractivity contribution in [2.45, 2.75) is 39.7 Å². The van der Waals surface area contributed by atoms with Crippen molar-refractivity contribution in [2.75, 3.05) is 13.2 Å². The Morgan fingerprint density at radius 1 is 1.53 bits per heavy atom. The van der Waals surface area contributed by atoms with E-state index in [1.165, 1.54) is 11.3 Å². The Balaban J connectivity index is 2.49. The van der Waals surface area contributed by atoms with E-state index < -0.39 is 0 Å². The van der Waals surface area contributed by atoms with Gasteiger partial charge in [0, 0.05) is 31.0 Å². The fourth-order valence-electron chi connectivity index (χ4n) is 2.03. The molecule has 2 N–H and O–H groups in total. The Morgan fingerprint density at radius 2 is 2.24 bits per heavy atom. The van der Waals surface area contributed by atoms with Crippen molar-refractivity contribution in [3.8, 4) is 0 Å². The Morgan fingerprint density at radius 3 is 2.71 bits per heavy atom. The Hall–Kier alpha value is -0.870. The van der Waals surface area contributed by atoms with Gasteiger partial charge < -0.3 is 10.4 Å². The van der Waals surface area contributed by atoms with Crippen molar-refractivity contribution in [1.82, 2.24) is 15.1 Å². The second kappa shape index (κ2) is 6.77. The number of aromatic nitrogens is 2. The van der Waals surface area contributed by atoms with Crippen molar-refractivity contribution in [3.05, 3.63) is 17.5 Å². The second-order valence-corrected chi connectivity index (χ2v) is 4.73. The minimum Gasteiger partial charge on any atom is -0.396 e. The van der Waals surface area contributed by atoms with Crippen LogP contribution in [0.25, 0.3) is 0 Å². The highest BCUT2D eigenvalue weighted by atomic mass is 16.3. The van der Waals surface area contributed by atoms with E-state index in [4.69, 9.17) is 5.11 Å². The van der Waals surface area contributed by atoms with Crippen LogP contribution in [-0.4, -0.2) is 28.0 Å². The number of rotatable bonds is 7. The summed E-state index contributed by atoms with van der Waals surface area (Å²) < 4.78 is 1.90. The molecule has 0 saturated carbocycles. The molecule has 0 aliphatic carbocycles. The number of hydrogen-bond acceptors (Lipinski definition) is 3. The molecule has 1 rings (SSSR count). The van der Waals surface area contributed by atoms with Gasteiger partial charge in [0.15, 0.2) is 0 Å².